The molecule has 0 aliphatic carbocycles. The maximum Gasteiger partial charge on any atom is 0.0890 e. The van der Waals surface area contributed by atoms with Gasteiger partial charge in [-0.05, 0) is 36.4 Å². The molecule has 0 aliphatic heterocycles. The first-order valence-corrected chi connectivity index (χ1v) is 8.60. The van der Waals surface area contributed by atoms with Crippen LogP contribution in [0.5, 0.6) is 0 Å². The predicted octanol–water partition coefficient (Wildman–Crippen LogP) is 3.62. The van der Waals surface area contributed by atoms with Gasteiger partial charge >= 0.3 is 0 Å². The van der Waals surface area contributed by atoms with Crippen LogP contribution in [0.3, 0.4) is 0 Å². The second kappa shape index (κ2) is 7.80. The van der Waals surface area contributed by atoms with Crippen molar-refractivity contribution in [3.05, 3.63) is 96.3 Å². The highest BCUT2D eigenvalue weighted by Gasteiger charge is 2.11. The van der Waals surface area contributed by atoms with Crippen LogP contribution in [-0.2, 0) is 19.6 Å². The highest BCUT2D eigenvalue weighted by molar-refractivity contribution is 5.73. The summed E-state index contributed by atoms with van der Waals surface area (Å²) in [5.41, 5.74) is 4.82. The van der Waals surface area contributed by atoms with Gasteiger partial charge in [0.1, 0.15) is 0 Å². The van der Waals surface area contributed by atoms with Crippen LogP contribution >= 0.6 is 0 Å². The highest BCUT2D eigenvalue weighted by atomic mass is 15.1. The predicted molar refractivity (Wildman–Crippen MR) is 101 cm³/mol. The van der Waals surface area contributed by atoms with E-state index in [4.69, 9.17) is 4.98 Å². The minimum absolute atomic E-state index is 0.685. The number of hydrogen-bond acceptors (Lipinski definition) is 5. The molecule has 3 aromatic heterocycles. The highest BCUT2D eigenvalue weighted by Crippen LogP contribution is 2.13. The molecule has 4 rings (SSSR count). The molecular weight excluding hydrogens is 322 g/mol. The lowest BCUT2D eigenvalue weighted by molar-refractivity contribution is 0.239. The van der Waals surface area contributed by atoms with Gasteiger partial charge in [-0.3, -0.25) is 19.9 Å². The molecule has 0 bridgehead atoms. The smallest absolute Gasteiger partial charge is 0.0890 e. The van der Waals surface area contributed by atoms with Crippen molar-refractivity contribution in [3.63, 3.8) is 0 Å². The lowest BCUT2D eigenvalue weighted by Gasteiger charge is -2.21. The third-order valence-corrected chi connectivity index (χ3v) is 4.11. The van der Waals surface area contributed by atoms with Crippen LogP contribution in [0.15, 0.2) is 79.3 Å². The van der Waals surface area contributed by atoms with Crippen molar-refractivity contribution in [3.8, 4) is 0 Å². The molecule has 5 heteroatoms. The molecular formula is C21H19N5. The van der Waals surface area contributed by atoms with Crippen molar-refractivity contribution in [2.45, 2.75) is 19.6 Å². The normalized spacial score (nSPS) is 11.1. The van der Waals surface area contributed by atoms with Crippen molar-refractivity contribution < 1.29 is 0 Å². The fourth-order valence-corrected chi connectivity index (χ4v) is 2.91. The van der Waals surface area contributed by atoms with Gasteiger partial charge in [-0.15, -0.1) is 0 Å². The average molecular weight is 341 g/mol. The summed E-state index contributed by atoms with van der Waals surface area (Å²) in [6.45, 7) is 2.14. The van der Waals surface area contributed by atoms with E-state index in [1.54, 1.807) is 0 Å². The summed E-state index contributed by atoms with van der Waals surface area (Å²) in [6.07, 6.45) is 5.50. The Morgan fingerprint density at radius 2 is 1.15 bits per heavy atom. The average Bonchev–Trinajstić information content (AvgIpc) is 2.69. The van der Waals surface area contributed by atoms with Crippen LogP contribution in [0.2, 0.25) is 0 Å². The molecule has 5 nitrogen and oxygen atoms in total. The third kappa shape index (κ3) is 4.07. The molecule has 0 saturated carbocycles. The SMILES string of the molecule is c1ccc(CN(Cc2ccccn2)Cc2cnc3ccccc3n2)nc1. The number of pyridine rings is 2. The van der Waals surface area contributed by atoms with E-state index >= 15 is 0 Å². The van der Waals surface area contributed by atoms with E-state index in [0.29, 0.717) is 6.54 Å². The van der Waals surface area contributed by atoms with Crippen LogP contribution in [0.4, 0.5) is 0 Å². The summed E-state index contributed by atoms with van der Waals surface area (Å²) in [7, 11) is 0. The second-order valence-electron chi connectivity index (χ2n) is 6.14. The van der Waals surface area contributed by atoms with E-state index in [1.807, 2.05) is 79.3 Å². The van der Waals surface area contributed by atoms with E-state index in [9.17, 15) is 0 Å². The van der Waals surface area contributed by atoms with Gasteiger partial charge in [0, 0.05) is 32.0 Å². The summed E-state index contributed by atoms with van der Waals surface area (Å²) < 4.78 is 0. The molecule has 26 heavy (non-hydrogen) atoms. The Balaban J connectivity index is 1.58. The van der Waals surface area contributed by atoms with E-state index in [1.165, 1.54) is 0 Å². The van der Waals surface area contributed by atoms with Crippen molar-refractivity contribution in [1.29, 1.82) is 0 Å². The molecule has 0 spiro atoms. The minimum atomic E-state index is 0.685. The summed E-state index contributed by atoms with van der Waals surface area (Å²) in [4.78, 5) is 20.5. The molecule has 0 fully saturated rings. The number of benzene rings is 1. The van der Waals surface area contributed by atoms with Gasteiger partial charge in [0.15, 0.2) is 0 Å². The first-order chi connectivity index (χ1) is 12.9. The molecule has 0 unspecified atom stereocenters. The van der Waals surface area contributed by atoms with Crippen molar-refractivity contribution in [2.24, 2.45) is 0 Å². The second-order valence-corrected chi connectivity index (χ2v) is 6.14. The lowest BCUT2D eigenvalue weighted by Crippen LogP contribution is -2.24. The van der Waals surface area contributed by atoms with E-state index in [-0.39, 0.29) is 0 Å². The lowest BCUT2D eigenvalue weighted by atomic mass is 10.2. The molecule has 0 N–H and O–H groups in total. The molecule has 1 aromatic carbocycles. The molecule has 0 atom stereocenters. The molecule has 0 aliphatic rings. The number of para-hydroxylation sites is 2. The zero-order valence-corrected chi connectivity index (χ0v) is 14.4. The fourth-order valence-electron chi connectivity index (χ4n) is 2.91. The topological polar surface area (TPSA) is 54.8 Å². The van der Waals surface area contributed by atoms with Gasteiger partial charge in [0.25, 0.3) is 0 Å². The Morgan fingerprint density at radius 1 is 0.577 bits per heavy atom. The zero-order chi connectivity index (χ0) is 17.6. The van der Waals surface area contributed by atoms with Gasteiger partial charge in [-0.25, -0.2) is 4.98 Å². The maximum atomic E-state index is 4.75. The van der Waals surface area contributed by atoms with Gasteiger partial charge in [0.2, 0.25) is 0 Å². The van der Waals surface area contributed by atoms with Gasteiger partial charge in [-0.2, -0.15) is 0 Å². The number of fused-ring (bicyclic) bond motifs is 1. The van der Waals surface area contributed by atoms with Crippen LogP contribution < -0.4 is 0 Å². The van der Waals surface area contributed by atoms with E-state index < -0.39 is 0 Å². The number of rotatable bonds is 6. The number of nitrogens with zero attached hydrogens (tertiary/aromatic N) is 5. The number of aromatic nitrogens is 4. The summed E-state index contributed by atoms with van der Waals surface area (Å²) >= 11 is 0. The van der Waals surface area contributed by atoms with Gasteiger partial charge in [0.05, 0.1) is 34.3 Å². The van der Waals surface area contributed by atoms with Gasteiger partial charge in [-0.1, -0.05) is 24.3 Å². The monoisotopic (exact) mass is 341 g/mol. The molecule has 0 radical (unpaired) electrons. The first-order valence-electron chi connectivity index (χ1n) is 8.60. The van der Waals surface area contributed by atoms with Crippen molar-refractivity contribution in [1.82, 2.24) is 24.8 Å². The Labute approximate surface area is 152 Å². The van der Waals surface area contributed by atoms with Crippen LogP contribution in [-0.4, -0.2) is 24.8 Å². The molecule has 4 aromatic rings. The molecule has 0 saturated heterocycles. The van der Waals surface area contributed by atoms with E-state index in [2.05, 4.69) is 19.9 Å². The molecule has 0 amide bonds. The van der Waals surface area contributed by atoms with E-state index in [0.717, 1.165) is 41.2 Å². The largest absolute Gasteiger partial charge is 0.286 e. The van der Waals surface area contributed by atoms with Crippen molar-refractivity contribution >= 4 is 11.0 Å². The number of hydrogen-bond donors (Lipinski definition) is 0. The van der Waals surface area contributed by atoms with Crippen LogP contribution in [0.25, 0.3) is 11.0 Å². The Hall–Kier alpha value is -3.18. The molecule has 128 valence electrons. The summed E-state index contributed by atoms with van der Waals surface area (Å²) in [5, 5.41) is 0. The third-order valence-electron chi connectivity index (χ3n) is 4.11. The van der Waals surface area contributed by atoms with Crippen LogP contribution in [0.1, 0.15) is 17.1 Å². The fraction of sp³-hybridized carbons (Fsp3) is 0.143. The quantitative estimate of drug-likeness (QED) is 0.536. The Morgan fingerprint density at radius 3 is 1.77 bits per heavy atom. The molecule has 3 heterocycles. The Kier molecular flexibility index (Phi) is 4.89. The summed E-state index contributed by atoms with van der Waals surface area (Å²) in [6, 6.07) is 19.9. The van der Waals surface area contributed by atoms with Crippen LogP contribution in [0, 0.1) is 0 Å². The zero-order valence-electron chi connectivity index (χ0n) is 14.4. The van der Waals surface area contributed by atoms with Gasteiger partial charge < -0.3 is 0 Å². The maximum absolute atomic E-state index is 4.75. The first kappa shape index (κ1) is 16.3. The standard InChI is InChI=1S/C21H19N5/c1-2-10-21-20(9-1)24-13-19(25-21)16-26(14-17-7-3-5-11-22-17)15-18-8-4-6-12-23-18/h1-13H,14-16H2. The van der Waals surface area contributed by atoms with Crippen molar-refractivity contribution in [2.75, 3.05) is 0 Å². The minimum Gasteiger partial charge on any atom is -0.286 e. The Bertz CT molecular complexity index is 931. The summed E-state index contributed by atoms with van der Waals surface area (Å²) in [5.74, 6) is 0.